The Morgan fingerprint density at radius 2 is 1.90 bits per heavy atom. The molecular formula is C18H28BrNO. The van der Waals surface area contributed by atoms with Crippen LogP contribution >= 0.6 is 15.9 Å². The summed E-state index contributed by atoms with van der Waals surface area (Å²) < 4.78 is 7.12. The third-order valence-electron chi connectivity index (χ3n) is 3.94. The van der Waals surface area contributed by atoms with Gasteiger partial charge in [-0.15, -0.1) is 0 Å². The third kappa shape index (κ3) is 6.84. The lowest BCUT2D eigenvalue weighted by atomic mass is 10.1. The molecular weight excluding hydrogens is 326 g/mol. The van der Waals surface area contributed by atoms with E-state index in [2.05, 4.69) is 46.4 Å². The highest BCUT2D eigenvalue weighted by Gasteiger charge is 2.20. The second-order valence-electron chi connectivity index (χ2n) is 6.02. The smallest absolute Gasteiger partial charge is 0.123 e. The maximum Gasteiger partial charge on any atom is 0.123 e. The molecule has 1 N–H and O–H groups in total. The summed E-state index contributed by atoms with van der Waals surface area (Å²) in [7, 11) is 0. The predicted molar refractivity (Wildman–Crippen MR) is 92.9 cm³/mol. The van der Waals surface area contributed by atoms with Gasteiger partial charge in [0, 0.05) is 22.6 Å². The van der Waals surface area contributed by atoms with Crippen molar-refractivity contribution in [1.29, 1.82) is 0 Å². The van der Waals surface area contributed by atoms with Crippen molar-refractivity contribution < 1.29 is 4.74 Å². The van der Waals surface area contributed by atoms with Crippen molar-refractivity contribution in [3.8, 4) is 5.75 Å². The zero-order valence-corrected chi connectivity index (χ0v) is 14.8. The van der Waals surface area contributed by atoms with Crippen molar-refractivity contribution in [3.63, 3.8) is 0 Å². The summed E-state index contributed by atoms with van der Waals surface area (Å²) in [5.41, 5.74) is 1.27. The number of hydrogen-bond acceptors (Lipinski definition) is 2. The normalized spacial score (nSPS) is 14.4. The van der Waals surface area contributed by atoms with Crippen LogP contribution in [0.25, 0.3) is 0 Å². The highest BCUT2D eigenvalue weighted by molar-refractivity contribution is 9.10. The van der Waals surface area contributed by atoms with Gasteiger partial charge in [0.2, 0.25) is 0 Å². The van der Waals surface area contributed by atoms with Gasteiger partial charge in [-0.1, -0.05) is 55.0 Å². The molecule has 0 amide bonds. The average Bonchev–Trinajstić information content (AvgIpc) is 3.30. The van der Waals surface area contributed by atoms with E-state index < -0.39 is 0 Å². The molecule has 21 heavy (non-hydrogen) atoms. The maximum atomic E-state index is 5.99. The van der Waals surface area contributed by atoms with Crippen LogP contribution in [0.3, 0.4) is 0 Å². The Bertz CT molecular complexity index is 418. The van der Waals surface area contributed by atoms with Crippen molar-refractivity contribution in [1.82, 2.24) is 5.32 Å². The zero-order chi connectivity index (χ0) is 14.9. The first kappa shape index (κ1) is 16.8. The Morgan fingerprint density at radius 3 is 2.67 bits per heavy atom. The highest BCUT2D eigenvalue weighted by Crippen LogP contribution is 2.25. The molecule has 1 aromatic rings. The van der Waals surface area contributed by atoms with E-state index in [0.717, 1.165) is 35.8 Å². The predicted octanol–water partition coefficient (Wildman–Crippen LogP) is 5.44. The topological polar surface area (TPSA) is 21.3 Å². The number of ether oxygens (including phenoxy) is 1. The standard InChI is InChI=1S/C18H28BrNO/c1-2-3-4-5-6-7-12-21-18-11-8-16(19)13-15(18)14-20-17-9-10-17/h8,11,13,17,20H,2-7,9-10,12,14H2,1H3. The van der Waals surface area contributed by atoms with Crippen molar-refractivity contribution in [2.24, 2.45) is 0 Å². The maximum absolute atomic E-state index is 5.99. The molecule has 0 heterocycles. The summed E-state index contributed by atoms with van der Waals surface area (Å²) in [6.07, 6.45) is 10.5. The number of benzene rings is 1. The fraction of sp³-hybridized carbons (Fsp3) is 0.667. The van der Waals surface area contributed by atoms with Gasteiger partial charge in [-0.3, -0.25) is 0 Å². The molecule has 1 fully saturated rings. The van der Waals surface area contributed by atoms with Gasteiger partial charge < -0.3 is 10.1 Å². The summed E-state index contributed by atoms with van der Waals surface area (Å²) in [5.74, 6) is 1.04. The van der Waals surface area contributed by atoms with E-state index in [1.54, 1.807) is 0 Å². The molecule has 3 heteroatoms. The monoisotopic (exact) mass is 353 g/mol. The minimum absolute atomic E-state index is 0.732. The third-order valence-corrected chi connectivity index (χ3v) is 4.43. The lowest BCUT2D eigenvalue weighted by molar-refractivity contribution is 0.300. The molecule has 1 saturated carbocycles. The minimum Gasteiger partial charge on any atom is -0.493 e. The Labute approximate surface area is 137 Å². The van der Waals surface area contributed by atoms with Crippen LogP contribution in [0, 0.1) is 0 Å². The molecule has 0 bridgehead atoms. The molecule has 2 nitrogen and oxygen atoms in total. The van der Waals surface area contributed by atoms with E-state index in [-0.39, 0.29) is 0 Å². The fourth-order valence-electron chi connectivity index (χ4n) is 2.43. The van der Waals surface area contributed by atoms with Crippen LogP contribution in [-0.4, -0.2) is 12.6 Å². The summed E-state index contributed by atoms with van der Waals surface area (Å²) in [4.78, 5) is 0. The van der Waals surface area contributed by atoms with Gasteiger partial charge in [0.05, 0.1) is 6.61 Å². The van der Waals surface area contributed by atoms with Gasteiger partial charge >= 0.3 is 0 Å². The molecule has 118 valence electrons. The van der Waals surface area contributed by atoms with E-state index >= 15 is 0 Å². The first-order valence-electron chi connectivity index (χ1n) is 8.44. The van der Waals surface area contributed by atoms with E-state index in [1.165, 1.54) is 50.5 Å². The summed E-state index contributed by atoms with van der Waals surface area (Å²) >= 11 is 3.55. The summed E-state index contributed by atoms with van der Waals surface area (Å²) in [6, 6.07) is 7.06. The zero-order valence-electron chi connectivity index (χ0n) is 13.2. The number of hydrogen-bond donors (Lipinski definition) is 1. The quantitative estimate of drug-likeness (QED) is 0.534. The molecule has 1 aliphatic carbocycles. The first-order valence-corrected chi connectivity index (χ1v) is 9.23. The van der Waals surface area contributed by atoms with E-state index in [1.807, 2.05) is 0 Å². The van der Waals surface area contributed by atoms with Gasteiger partial charge in [-0.05, 0) is 37.5 Å². The van der Waals surface area contributed by atoms with Crippen molar-refractivity contribution in [2.45, 2.75) is 70.9 Å². The summed E-state index contributed by atoms with van der Waals surface area (Å²) in [5, 5.41) is 3.56. The molecule has 0 atom stereocenters. The summed E-state index contributed by atoms with van der Waals surface area (Å²) in [6.45, 7) is 4.01. The van der Waals surface area contributed by atoms with Crippen LogP contribution in [0.4, 0.5) is 0 Å². The van der Waals surface area contributed by atoms with Crippen LogP contribution in [0.1, 0.15) is 63.9 Å². The fourth-order valence-corrected chi connectivity index (χ4v) is 2.84. The van der Waals surface area contributed by atoms with Gasteiger partial charge in [0.1, 0.15) is 5.75 Å². The molecule has 0 spiro atoms. The molecule has 0 saturated heterocycles. The molecule has 1 aliphatic rings. The van der Waals surface area contributed by atoms with Crippen molar-refractivity contribution in [3.05, 3.63) is 28.2 Å². The molecule has 0 aromatic heterocycles. The van der Waals surface area contributed by atoms with Crippen molar-refractivity contribution in [2.75, 3.05) is 6.61 Å². The van der Waals surface area contributed by atoms with E-state index in [9.17, 15) is 0 Å². The Balaban J connectivity index is 1.70. The molecule has 0 unspecified atom stereocenters. The van der Waals surface area contributed by atoms with Gasteiger partial charge in [0.25, 0.3) is 0 Å². The van der Waals surface area contributed by atoms with E-state index in [4.69, 9.17) is 4.74 Å². The number of rotatable bonds is 11. The molecule has 0 aliphatic heterocycles. The van der Waals surface area contributed by atoms with E-state index in [0.29, 0.717) is 0 Å². The first-order chi connectivity index (χ1) is 10.3. The minimum atomic E-state index is 0.732. The Kier molecular flexibility index (Phi) is 7.59. The van der Waals surface area contributed by atoms with Crippen LogP contribution in [0.15, 0.2) is 22.7 Å². The number of nitrogens with one attached hydrogen (secondary N) is 1. The lowest BCUT2D eigenvalue weighted by Gasteiger charge is -2.12. The highest BCUT2D eigenvalue weighted by atomic mass is 79.9. The molecule has 1 aromatic carbocycles. The number of unbranched alkanes of at least 4 members (excludes halogenated alkanes) is 5. The average molecular weight is 354 g/mol. The van der Waals surface area contributed by atoms with Crippen LogP contribution in [0.2, 0.25) is 0 Å². The second kappa shape index (κ2) is 9.47. The van der Waals surface area contributed by atoms with Crippen LogP contribution in [-0.2, 0) is 6.54 Å². The van der Waals surface area contributed by atoms with Crippen molar-refractivity contribution >= 4 is 15.9 Å². The van der Waals surface area contributed by atoms with Gasteiger partial charge in [-0.2, -0.15) is 0 Å². The largest absolute Gasteiger partial charge is 0.493 e. The Morgan fingerprint density at radius 1 is 1.14 bits per heavy atom. The number of halogens is 1. The SMILES string of the molecule is CCCCCCCCOc1ccc(Br)cc1CNC1CC1. The lowest BCUT2D eigenvalue weighted by Crippen LogP contribution is -2.16. The Hall–Kier alpha value is -0.540. The molecule has 2 rings (SSSR count). The van der Waals surface area contributed by atoms with Crippen LogP contribution in [0.5, 0.6) is 5.75 Å². The van der Waals surface area contributed by atoms with Crippen LogP contribution < -0.4 is 10.1 Å². The second-order valence-corrected chi connectivity index (χ2v) is 6.94. The van der Waals surface area contributed by atoms with Gasteiger partial charge in [-0.25, -0.2) is 0 Å². The molecule has 0 radical (unpaired) electrons. The van der Waals surface area contributed by atoms with Gasteiger partial charge in [0.15, 0.2) is 0 Å².